The number of ether oxygens (including phenoxy) is 1. The van der Waals surface area contributed by atoms with Gasteiger partial charge in [0, 0.05) is 5.02 Å². The molecule has 0 heterocycles. The molecule has 0 saturated carbocycles. The van der Waals surface area contributed by atoms with Crippen LogP contribution in [0.1, 0.15) is 19.4 Å². The van der Waals surface area contributed by atoms with Gasteiger partial charge >= 0.3 is 0 Å². The van der Waals surface area contributed by atoms with Crippen LogP contribution in [0.25, 0.3) is 0 Å². The molecule has 0 radical (unpaired) electrons. The standard InChI is InChI=1S/C11H13ClO2/c1-8-6-9(4-5-10(8)12)14-11(2,3)7-13/h4-7H,1-3H3. The Balaban J connectivity index is 2.88. The molecule has 0 aliphatic heterocycles. The number of benzene rings is 1. The molecule has 1 rings (SSSR count). The van der Waals surface area contributed by atoms with Crippen LogP contribution in [-0.4, -0.2) is 11.9 Å². The van der Waals surface area contributed by atoms with Crippen molar-refractivity contribution in [2.75, 3.05) is 0 Å². The summed E-state index contributed by atoms with van der Waals surface area (Å²) in [4.78, 5) is 10.6. The maximum Gasteiger partial charge on any atom is 0.162 e. The Labute approximate surface area is 88.8 Å². The predicted molar refractivity (Wildman–Crippen MR) is 57.0 cm³/mol. The van der Waals surface area contributed by atoms with E-state index in [-0.39, 0.29) is 0 Å². The topological polar surface area (TPSA) is 26.3 Å². The average Bonchev–Trinajstić information content (AvgIpc) is 2.11. The number of halogens is 1. The van der Waals surface area contributed by atoms with Crippen LogP contribution < -0.4 is 4.74 Å². The zero-order valence-corrected chi connectivity index (χ0v) is 9.26. The summed E-state index contributed by atoms with van der Waals surface area (Å²) in [5.41, 5.74) is 0.145. The zero-order valence-electron chi connectivity index (χ0n) is 8.50. The summed E-state index contributed by atoms with van der Waals surface area (Å²) >= 11 is 5.86. The molecule has 76 valence electrons. The van der Waals surface area contributed by atoms with Gasteiger partial charge in [0.15, 0.2) is 11.9 Å². The van der Waals surface area contributed by atoms with Crippen molar-refractivity contribution < 1.29 is 9.53 Å². The summed E-state index contributed by atoms with van der Waals surface area (Å²) in [7, 11) is 0. The van der Waals surface area contributed by atoms with E-state index in [2.05, 4.69) is 0 Å². The largest absolute Gasteiger partial charge is 0.480 e. The molecule has 2 nitrogen and oxygen atoms in total. The van der Waals surface area contributed by atoms with Gasteiger partial charge in [-0.25, -0.2) is 0 Å². The van der Waals surface area contributed by atoms with Crippen LogP contribution in [0.2, 0.25) is 5.02 Å². The summed E-state index contributed by atoms with van der Waals surface area (Å²) in [5.74, 6) is 0.656. The number of rotatable bonds is 3. The molecular weight excluding hydrogens is 200 g/mol. The average molecular weight is 213 g/mol. The molecule has 0 N–H and O–H groups in total. The van der Waals surface area contributed by atoms with Crippen molar-refractivity contribution in [3.8, 4) is 5.75 Å². The van der Waals surface area contributed by atoms with Crippen molar-refractivity contribution in [2.24, 2.45) is 0 Å². The fraction of sp³-hybridized carbons (Fsp3) is 0.364. The van der Waals surface area contributed by atoms with Crippen LogP contribution in [-0.2, 0) is 4.79 Å². The van der Waals surface area contributed by atoms with E-state index in [1.807, 2.05) is 13.0 Å². The number of carbonyl (C=O) groups excluding carboxylic acids is 1. The van der Waals surface area contributed by atoms with Crippen molar-refractivity contribution in [3.63, 3.8) is 0 Å². The molecule has 3 heteroatoms. The van der Waals surface area contributed by atoms with E-state index < -0.39 is 5.60 Å². The molecule has 0 fully saturated rings. The lowest BCUT2D eigenvalue weighted by Gasteiger charge is -2.20. The van der Waals surface area contributed by atoms with Crippen LogP contribution in [0, 0.1) is 6.92 Å². The van der Waals surface area contributed by atoms with Gasteiger partial charge in [-0.15, -0.1) is 0 Å². The van der Waals surface area contributed by atoms with Gasteiger partial charge in [-0.2, -0.15) is 0 Å². The predicted octanol–water partition coefficient (Wildman–Crippen LogP) is 3.00. The highest BCUT2D eigenvalue weighted by Gasteiger charge is 2.18. The SMILES string of the molecule is Cc1cc(OC(C)(C)C=O)ccc1Cl. The van der Waals surface area contributed by atoms with E-state index in [4.69, 9.17) is 16.3 Å². The summed E-state index contributed by atoms with van der Waals surface area (Å²) in [5, 5.41) is 0.696. The lowest BCUT2D eigenvalue weighted by atomic mass is 10.1. The molecule has 0 atom stereocenters. The Morgan fingerprint density at radius 3 is 2.57 bits per heavy atom. The van der Waals surface area contributed by atoms with E-state index in [1.165, 1.54) is 0 Å². The minimum atomic E-state index is -0.791. The quantitative estimate of drug-likeness (QED) is 0.720. The smallest absolute Gasteiger partial charge is 0.162 e. The molecule has 0 unspecified atom stereocenters. The number of hydrogen-bond acceptors (Lipinski definition) is 2. The molecule has 0 bridgehead atoms. The molecule has 0 spiro atoms. The van der Waals surface area contributed by atoms with E-state index >= 15 is 0 Å². The van der Waals surface area contributed by atoms with Gasteiger partial charge in [-0.1, -0.05) is 11.6 Å². The second-order valence-electron chi connectivity index (χ2n) is 3.73. The van der Waals surface area contributed by atoms with Gasteiger partial charge in [0.05, 0.1) is 0 Å². The van der Waals surface area contributed by atoms with Gasteiger partial charge in [0.25, 0.3) is 0 Å². The molecule has 0 saturated heterocycles. The van der Waals surface area contributed by atoms with Crippen molar-refractivity contribution in [3.05, 3.63) is 28.8 Å². The van der Waals surface area contributed by atoms with Crippen LogP contribution >= 0.6 is 11.6 Å². The third kappa shape index (κ3) is 2.74. The fourth-order valence-corrected chi connectivity index (χ4v) is 1.13. The lowest BCUT2D eigenvalue weighted by molar-refractivity contribution is -0.118. The van der Waals surface area contributed by atoms with Gasteiger partial charge in [0.1, 0.15) is 5.75 Å². The molecule has 1 aromatic carbocycles. The Bertz CT molecular complexity index is 345. The Morgan fingerprint density at radius 1 is 1.43 bits per heavy atom. The Hall–Kier alpha value is -1.02. The summed E-state index contributed by atoms with van der Waals surface area (Å²) in [6.07, 6.45) is 0.775. The molecule has 14 heavy (non-hydrogen) atoms. The first-order valence-electron chi connectivity index (χ1n) is 4.36. The molecule has 1 aromatic rings. The molecule has 0 amide bonds. The molecule has 0 aliphatic rings. The fourth-order valence-electron chi connectivity index (χ4n) is 1.01. The number of aryl methyl sites for hydroxylation is 1. The van der Waals surface area contributed by atoms with Crippen LogP contribution in [0.3, 0.4) is 0 Å². The number of carbonyl (C=O) groups is 1. The lowest BCUT2D eigenvalue weighted by Crippen LogP contribution is -2.29. The first-order chi connectivity index (χ1) is 6.44. The first kappa shape index (κ1) is 11.1. The van der Waals surface area contributed by atoms with Gasteiger partial charge < -0.3 is 4.74 Å². The number of aldehydes is 1. The monoisotopic (exact) mass is 212 g/mol. The Kier molecular flexibility index (Phi) is 3.17. The summed E-state index contributed by atoms with van der Waals surface area (Å²) in [6, 6.07) is 5.32. The highest BCUT2D eigenvalue weighted by molar-refractivity contribution is 6.31. The second-order valence-corrected chi connectivity index (χ2v) is 4.14. The highest BCUT2D eigenvalue weighted by atomic mass is 35.5. The van der Waals surface area contributed by atoms with E-state index in [0.717, 1.165) is 11.8 Å². The summed E-state index contributed by atoms with van der Waals surface area (Å²) in [6.45, 7) is 5.32. The van der Waals surface area contributed by atoms with E-state index in [1.54, 1.807) is 26.0 Å². The maximum absolute atomic E-state index is 10.6. The van der Waals surface area contributed by atoms with Gasteiger partial charge in [-0.05, 0) is 44.5 Å². The van der Waals surface area contributed by atoms with Crippen molar-refractivity contribution >= 4 is 17.9 Å². The minimum absolute atomic E-state index is 0.656. The third-order valence-corrected chi connectivity index (χ3v) is 2.22. The second kappa shape index (κ2) is 4.01. The highest BCUT2D eigenvalue weighted by Crippen LogP contribution is 2.23. The van der Waals surface area contributed by atoms with Crippen molar-refractivity contribution in [1.29, 1.82) is 0 Å². The normalized spacial score (nSPS) is 11.1. The number of hydrogen-bond donors (Lipinski definition) is 0. The molecule has 0 aromatic heterocycles. The van der Waals surface area contributed by atoms with Crippen molar-refractivity contribution in [1.82, 2.24) is 0 Å². The zero-order chi connectivity index (χ0) is 10.8. The van der Waals surface area contributed by atoms with Crippen LogP contribution in [0.4, 0.5) is 0 Å². The first-order valence-corrected chi connectivity index (χ1v) is 4.74. The third-order valence-electron chi connectivity index (χ3n) is 1.79. The molecule has 0 aliphatic carbocycles. The minimum Gasteiger partial charge on any atom is -0.480 e. The van der Waals surface area contributed by atoms with Gasteiger partial charge in [0.2, 0.25) is 0 Å². The van der Waals surface area contributed by atoms with Gasteiger partial charge in [-0.3, -0.25) is 4.79 Å². The van der Waals surface area contributed by atoms with Crippen LogP contribution in [0.5, 0.6) is 5.75 Å². The van der Waals surface area contributed by atoms with E-state index in [0.29, 0.717) is 10.8 Å². The summed E-state index contributed by atoms with van der Waals surface area (Å²) < 4.78 is 5.46. The Morgan fingerprint density at radius 2 is 2.07 bits per heavy atom. The maximum atomic E-state index is 10.6. The molecular formula is C11H13ClO2. The van der Waals surface area contributed by atoms with Crippen molar-refractivity contribution in [2.45, 2.75) is 26.4 Å². The van der Waals surface area contributed by atoms with E-state index in [9.17, 15) is 4.79 Å². The van der Waals surface area contributed by atoms with Crippen LogP contribution in [0.15, 0.2) is 18.2 Å².